The van der Waals surface area contributed by atoms with Gasteiger partial charge in [0.25, 0.3) is 0 Å². The average Bonchev–Trinajstić information content (AvgIpc) is 3.95. The van der Waals surface area contributed by atoms with Gasteiger partial charge in [-0.25, -0.2) is 0 Å². The molecule has 2 heterocycles. The number of unbranched alkanes of at least 4 members (excludes halogenated alkanes) is 25. The molecule has 0 aliphatic carbocycles. The maximum absolute atomic E-state index is 10.9. The monoisotopic (exact) mass is 885 g/mol. The first-order chi connectivity index (χ1) is 31.9. The van der Waals surface area contributed by atoms with Crippen LogP contribution in [0.5, 0.6) is 11.5 Å². The Morgan fingerprint density at radius 1 is 0.354 bits per heavy atom. The van der Waals surface area contributed by atoms with Crippen LogP contribution in [0.25, 0.3) is 33.4 Å². The van der Waals surface area contributed by atoms with E-state index in [0.29, 0.717) is 22.9 Å². The second-order valence-corrected chi connectivity index (χ2v) is 18.9. The number of hydrogen-bond donors (Lipinski definition) is 2. The van der Waals surface area contributed by atoms with E-state index in [2.05, 4.69) is 60.2 Å². The standard InChI is InChI=1S/C29H43N3O.C28H41N3O/c1-3-4-5-6-7-8-9-10-11-12-13-14-15-16-19-25-22-24(2)23-28(29(25)33)32-30-26-20-17-18-21-27(26)31-32;1-3-4-5-6-7-8-9-10-11-12-13-14-15-18-24-21-23(2)22-27(28(24)32)31-29-25-19-16-17-20-26(25)30-31/h17-18,20-23,33H,3-16,19H2,1-2H3;16-17,19-22,32H,3-15,18H2,1-2H3. The number of phenols is 2. The second-order valence-electron chi connectivity index (χ2n) is 18.9. The zero-order valence-corrected chi connectivity index (χ0v) is 41.0. The van der Waals surface area contributed by atoms with Crippen molar-refractivity contribution >= 4 is 22.1 Å². The number of hydrogen-bond acceptors (Lipinski definition) is 6. The first-order valence-corrected chi connectivity index (χ1v) is 26.2. The molecule has 65 heavy (non-hydrogen) atoms. The lowest BCUT2D eigenvalue weighted by atomic mass is 10.0. The van der Waals surface area contributed by atoms with Gasteiger partial charge in [0.1, 0.15) is 44.9 Å². The molecule has 0 aliphatic rings. The van der Waals surface area contributed by atoms with E-state index in [9.17, 15) is 10.2 Å². The van der Waals surface area contributed by atoms with Crippen LogP contribution in [0, 0.1) is 13.8 Å². The topological polar surface area (TPSA) is 102 Å². The number of phenolic OH excluding ortho intramolecular Hbond substituents is 2. The third-order valence-corrected chi connectivity index (χ3v) is 13.0. The van der Waals surface area contributed by atoms with Gasteiger partial charge >= 0.3 is 0 Å². The Bertz CT molecular complexity index is 2160. The molecule has 0 saturated heterocycles. The van der Waals surface area contributed by atoms with Crippen molar-refractivity contribution in [3.05, 3.63) is 95.1 Å². The molecule has 354 valence electrons. The summed E-state index contributed by atoms with van der Waals surface area (Å²) in [6, 6.07) is 23.7. The van der Waals surface area contributed by atoms with E-state index in [1.807, 2.05) is 60.7 Å². The van der Waals surface area contributed by atoms with Crippen LogP contribution in [0.1, 0.15) is 209 Å². The highest BCUT2D eigenvalue weighted by atomic mass is 16.3. The Morgan fingerprint density at radius 3 is 0.862 bits per heavy atom. The molecule has 2 N–H and O–H groups in total. The SMILES string of the molecule is CCCCCCCCCCCCCCCCc1cc(C)cc(-n2nc3ccccc3n2)c1O.CCCCCCCCCCCCCCCc1cc(C)cc(-n2nc3ccccc3n2)c1O. The normalized spacial score (nSPS) is 11.4. The molecule has 0 radical (unpaired) electrons. The number of aromatic hydroxyl groups is 2. The molecular formula is C57H84N6O2. The Labute approximate surface area is 392 Å². The summed E-state index contributed by atoms with van der Waals surface area (Å²) in [5.74, 6) is 0.630. The maximum Gasteiger partial charge on any atom is 0.146 e. The molecule has 0 spiro atoms. The fourth-order valence-corrected chi connectivity index (χ4v) is 9.13. The summed E-state index contributed by atoms with van der Waals surface area (Å²) in [7, 11) is 0. The predicted molar refractivity (Wildman–Crippen MR) is 274 cm³/mol. The molecular weight excluding hydrogens is 801 g/mol. The number of fused-ring (bicyclic) bond motifs is 2. The molecule has 2 aromatic heterocycles. The number of benzene rings is 4. The van der Waals surface area contributed by atoms with E-state index in [-0.39, 0.29) is 0 Å². The van der Waals surface area contributed by atoms with Gasteiger partial charge in [0, 0.05) is 0 Å². The zero-order chi connectivity index (χ0) is 45.9. The molecule has 0 saturated carbocycles. The summed E-state index contributed by atoms with van der Waals surface area (Å²) in [5, 5.41) is 39.9. The van der Waals surface area contributed by atoms with Gasteiger partial charge in [0.15, 0.2) is 0 Å². The second kappa shape index (κ2) is 29.7. The minimum absolute atomic E-state index is 0.315. The van der Waals surface area contributed by atoms with E-state index in [1.54, 1.807) is 9.59 Å². The van der Waals surface area contributed by atoms with Gasteiger partial charge in [-0.3, -0.25) is 0 Å². The van der Waals surface area contributed by atoms with Crippen molar-refractivity contribution in [3.8, 4) is 22.9 Å². The number of aromatic nitrogens is 6. The van der Waals surface area contributed by atoms with Crippen LogP contribution in [-0.2, 0) is 12.8 Å². The molecule has 8 nitrogen and oxygen atoms in total. The average molecular weight is 885 g/mol. The van der Waals surface area contributed by atoms with Crippen molar-refractivity contribution in [1.29, 1.82) is 0 Å². The minimum atomic E-state index is 0.315. The van der Waals surface area contributed by atoms with E-state index in [1.165, 1.54) is 161 Å². The van der Waals surface area contributed by atoms with Crippen LogP contribution in [0.3, 0.4) is 0 Å². The summed E-state index contributed by atoms with van der Waals surface area (Å²) in [6.45, 7) is 8.70. The van der Waals surface area contributed by atoms with Crippen LogP contribution < -0.4 is 0 Å². The fourth-order valence-electron chi connectivity index (χ4n) is 9.13. The molecule has 0 aliphatic heterocycles. The quantitative estimate of drug-likeness (QED) is 0.0422. The Kier molecular flexibility index (Phi) is 23.5. The first kappa shape index (κ1) is 51.3. The van der Waals surface area contributed by atoms with Crippen molar-refractivity contribution < 1.29 is 10.2 Å². The summed E-state index contributed by atoms with van der Waals surface area (Å²) < 4.78 is 0. The molecule has 8 heteroatoms. The Morgan fingerprint density at radius 2 is 0.600 bits per heavy atom. The van der Waals surface area contributed by atoms with Gasteiger partial charge in [-0.15, -0.1) is 30.0 Å². The molecule has 0 bridgehead atoms. The number of nitrogens with zero attached hydrogens (tertiary/aromatic N) is 6. The van der Waals surface area contributed by atoms with Gasteiger partial charge < -0.3 is 10.2 Å². The van der Waals surface area contributed by atoms with E-state index in [4.69, 9.17) is 0 Å². The van der Waals surface area contributed by atoms with Crippen molar-refractivity contribution in [1.82, 2.24) is 30.0 Å². The van der Waals surface area contributed by atoms with Gasteiger partial charge in [0.05, 0.1) is 0 Å². The van der Waals surface area contributed by atoms with Gasteiger partial charge in [0.2, 0.25) is 0 Å². The Hall–Kier alpha value is -4.72. The molecule has 6 aromatic rings. The van der Waals surface area contributed by atoms with E-state index in [0.717, 1.165) is 70.0 Å². The van der Waals surface area contributed by atoms with Gasteiger partial charge in [-0.05, 0) is 98.2 Å². The molecule has 4 aromatic carbocycles. The zero-order valence-electron chi connectivity index (χ0n) is 41.0. The molecule has 0 fully saturated rings. The predicted octanol–water partition coefficient (Wildman–Crippen LogP) is 16.5. The van der Waals surface area contributed by atoms with E-state index >= 15 is 0 Å². The molecule has 0 amide bonds. The van der Waals surface area contributed by atoms with Crippen molar-refractivity contribution in [2.75, 3.05) is 0 Å². The van der Waals surface area contributed by atoms with Crippen molar-refractivity contribution in [2.24, 2.45) is 0 Å². The van der Waals surface area contributed by atoms with Gasteiger partial charge in [-0.1, -0.05) is 211 Å². The lowest BCUT2D eigenvalue weighted by molar-refractivity contribution is 0.458. The highest BCUT2D eigenvalue weighted by Crippen LogP contribution is 2.31. The molecule has 0 atom stereocenters. The van der Waals surface area contributed by atoms with Crippen LogP contribution in [0.15, 0.2) is 72.8 Å². The molecule has 0 unspecified atom stereocenters. The third kappa shape index (κ3) is 17.9. The highest BCUT2D eigenvalue weighted by molar-refractivity contribution is 5.74. The van der Waals surface area contributed by atoms with Crippen LogP contribution in [0.4, 0.5) is 0 Å². The van der Waals surface area contributed by atoms with E-state index < -0.39 is 0 Å². The van der Waals surface area contributed by atoms with Crippen LogP contribution >= 0.6 is 0 Å². The number of rotatable bonds is 31. The summed E-state index contributed by atoms with van der Waals surface area (Å²) >= 11 is 0. The van der Waals surface area contributed by atoms with Crippen molar-refractivity contribution in [3.63, 3.8) is 0 Å². The fraction of sp³-hybridized carbons (Fsp3) is 0.579. The van der Waals surface area contributed by atoms with Crippen LogP contribution in [0.2, 0.25) is 0 Å². The minimum Gasteiger partial charge on any atom is -0.505 e. The number of aryl methyl sites for hydroxylation is 4. The smallest absolute Gasteiger partial charge is 0.146 e. The molecule has 6 rings (SSSR count). The third-order valence-electron chi connectivity index (χ3n) is 13.0. The van der Waals surface area contributed by atoms with Gasteiger partial charge in [-0.2, -0.15) is 0 Å². The summed E-state index contributed by atoms with van der Waals surface area (Å²) in [6.07, 6.45) is 38.4. The summed E-state index contributed by atoms with van der Waals surface area (Å²) in [5.41, 5.74) is 8.97. The largest absolute Gasteiger partial charge is 0.505 e. The Balaban J connectivity index is 0.000000244. The van der Waals surface area contributed by atoms with Crippen LogP contribution in [-0.4, -0.2) is 40.2 Å². The summed E-state index contributed by atoms with van der Waals surface area (Å²) in [4.78, 5) is 3.14. The van der Waals surface area contributed by atoms with Crippen molar-refractivity contribution in [2.45, 2.75) is 214 Å². The lowest BCUT2D eigenvalue weighted by Crippen LogP contribution is -2.02. The lowest BCUT2D eigenvalue weighted by Gasteiger charge is -2.11. The maximum atomic E-state index is 10.9. The highest BCUT2D eigenvalue weighted by Gasteiger charge is 2.15. The first-order valence-electron chi connectivity index (χ1n) is 26.2.